The van der Waals surface area contributed by atoms with Gasteiger partial charge < -0.3 is 19.9 Å². The number of anilines is 1. The molecule has 0 unspecified atom stereocenters. The number of nitrogens with zero attached hydrogens (tertiary/aromatic N) is 5. The maximum absolute atomic E-state index is 14.8. The molecule has 2 atom stereocenters. The molecule has 5 rings (SSSR count). The number of benzene rings is 1. The van der Waals surface area contributed by atoms with Crippen LogP contribution in [0, 0.1) is 17.8 Å². The fraction of sp³-hybridized carbons (Fsp3) is 0.370. The highest BCUT2D eigenvalue weighted by Crippen LogP contribution is 2.39. The van der Waals surface area contributed by atoms with E-state index in [1.165, 1.54) is 17.3 Å². The Morgan fingerprint density at radius 1 is 1.32 bits per heavy atom. The van der Waals surface area contributed by atoms with Crippen LogP contribution in [0.1, 0.15) is 12.1 Å². The molecule has 0 saturated carbocycles. The predicted molar refractivity (Wildman–Crippen MR) is 142 cm³/mol. The van der Waals surface area contributed by atoms with Gasteiger partial charge in [-0.3, -0.25) is 9.69 Å². The molecule has 0 aliphatic carbocycles. The Bertz CT molecular complexity index is 1440. The third-order valence-electron chi connectivity index (χ3n) is 7.20. The quantitative estimate of drug-likeness (QED) is 0.418. The van der Waals surface area contributed by atoms with Crippen LogP contribution >= 0.6 is 11.6 Å². The lowest BCUT2D eigenvalue weighted by Crippen LogP contribution is -2.60. The van der Waals surface area contributed by atoms with Crippen molar-refractivity contribution in [3.05, 3.63) is 47.9 Å². The van der Waals surface area contributed by atoms with E-state index >= 15 is 0 Å². The number of hydrogen-bond acceptors (Lipinski definition) is 6. The fourth-order valence-corrected chi connectivity index (χ4v) is 5.39. The van der Waals surface area contributed by atoms with Crippen molar-refractivity contribution >= 4 is 34.4 Å². The SMILES string of the molecule is C=CC(=O)N1CC[C@H](N2CC(C#Cc3c(-c4ccc(Cl)c(OC)c4)c4c(N)ncnc4n3C)C2)[C@H](F)C1. The van der Waals surface area contributed by atoms with E-state index in [-0.39, 0.29) is 24.4 Å². The molecule has 10 heteroatoms. The summed E-state index contributed by atoms with van der Waals surface area (Å²) in [6, 6.07) is 5.33. The second-order valence-electron chi connectivity index (χ2n) is 9.37. The Morgan fingerprint density at radius 2 is 2.11 bits per heavy atom. The standard InChI is InChI=1S/C27H28ClFN6O2/c1-4-23(36)34-10-9-20(19(29)14-34)35-12-16(13-35)5-8-21-24(17-6-7-18(28)22(11-17)37-3)25-26(30)31-15-32-27(25)33(21)2/h4,6-7,11,15-16,19-20H,1,9-10,12-14H2,2-3H3,(H2,30,31,32)/t19-,20+/m1/s1. The van der Waals surface area contributed by atoms with E-state index in [1.54, 1.807) is 13.2 Å². The fourth-order valence-electron chi connectivity index (χ4n) is 5.20. The zero-order valence-electron chi connectivity index (χ0n) is 20.7. The van der Waals surface area contributed by atoms with Crippen LogP contribution in [0.3, 0.4) is 0 Å². The summed E-state index contributed by atoms with van der Waals surface area (Å²) in [5.74, 6) is 7.51. The minimum absolute atomic E-state index is 0.106. The number of piperidine rings is 1. The zero-order chi connectivity index (χ0) is 26.3. The first-order valence-electron chi connectivity index (χ1n) is 12.1. The number of amides is 1. The van der Waals surface area contributed by atoms with Crippen molar-refractivity contribution in [2.75, 3.05) is 39.0 Å². The zero-order valence-corrected chi connectivity index (χ0v) is 21.5. The van der Waals surface area contributed by atoms with Gasteiger partial charge in [0.1, 0.15) is 35.4 Å². The molecule has 0 bridgehead atoms. The van der Waals surface area contributed by atoms with Crippen LogP contribution in [-0.2, 0) is 11.8 Å². The van der Waals surface area contributed by atoms with Crippen LogP contribution in [0.25, 0.3) is 22.2 Å². The maximum Gasteiger partial charge on any atom is 0.246 e. The summed E-state index contributed by atoms with van der Waals surface area (Å²) in [4.78, 5) is 24.1. The van der Waals surface area contributed by atoms with Gasteiger partial charge in [0.25, 0.3) is 0 Å². The number of aromatic nitrogens is 3. The van der Waals surface area contributed by atoms with Crippen LogP contribution in [-0.4, -0.2) is 75.7 Å². The number of rotatable bonds is 4. The van der Waals surface area contributed by atoms with Gasteiger partial charge in [-0.15, -0.1) is 0 Å². The number of likely N-dealkylation sites (tertiary alicyclic amines) is 2. The molecule has 2 fully saturated rings. The van der Waals surface area contributed by atoms with Crippen molar-refractivity contribution in [3.63, 3.8) is 0 Å². The lowest BCUT2D eigenvalue weighted by atomic mass is 9.92. The first-order chi connectivity index (χ1) is 17.8. The molecule has 3 aromatic rings. The third-order valence-corrected chi connectivity index (χ3v) is 7.52. The number of ether oxygens (including phenoxy) is 1. The summed E-state index contributed by atoms with van der Waals surface area (Å²) in [5, 5.41) is 1.22. The van der Waals surface area contributed by atoms with E-state index in [0.29, 0.717) is 48.3 Å². The minimum Gasteiger partial charge on any atom is -0.495 e. The van der Waals surface area contributed by atoms with E-state index in [0.717, 1.165) is 22.2 Å². The highest BCUT2D eigenvalue weighted by Gasteiger charge is 2.39. The number of alkyl halides is 1. The van der Waals surface area contributed by atoms with Crippen LogP contribution in [0.4, 0.5) is 10.2 Å². The molecule has 1 aromatic carbocycles. The number of hydrogen-bond donors (Lipinski definition) is 1. The number of nitrogens with two attached hydrogens (primary N) is 1. The predicted octanol–water partition coefficient (Wildman–Crippen LogP) is 3.29. The molecule has 2 N–H and O–H groups in total. The number of fused-ring (bicyclic) bond motifs is 1. The molecule has 2 saturated heterocycles. The summed E-state index contributed by atoms with van der Waals surface area (Å²) < 4.78 is 22.2. The van der Waals surface area contributed by atoms with E-state index in [9.17, 15) is 9.18 Å². The first-order valence-corrected chi connectivity index (χ1v) is 12.4. The first kappa shape index (κ1) is 25.1. The molecule has 2 aromatic heterocycles. The van der Waals surface area contributed by atoms with Crippen LogP contribution < -0.4 is 10.5 Å². The molecule has 1 amide bonds. The Kier molecular flexibility index (Phi) is 6.80. The highest BCUT2D eigenvalue weighted by atomic mass is 35.5. The number of nitrogen functional groups attached to an aromatic ring is 1. The van der Waals surface area contributed by atoms with E-state index in [2.05, 4.69) is 33.3 Å². The van der Waals surface area contributed by atoms with Gasteiger partial charge in [0, 0.05) is 44.2 Å². The Labute approximate surface area is 219 Å². The summed E-state index contributed by atoms with van der Waals surface area (Å²) in [5.41, 5.74) is 9.37. The molecular weight excluding hydrogens is 495 g/mol. The summed E-state index contributed by atoms with van der Waals surface area (Å²) in [7, 11) is 3.46. The highest BCUT2D eigenvalue weighted by molar-refractivity contribution is 6.32. The smallest absolute Gasteiger partial charge is 0.246 e. The molecule has 8 nitrogen and oxygen atoms in total. The summed E-state index contributed by atoms with van der Waals surface area (Å²) in [6.07, 6.45) is 2.19. The van der Waals surface area contributed by atoms with Crippen molar-refractivity contribution in [3.8, 4) is 28.7 Å². The van der Waals surface area contributed by atoms with Gasteiger partial charge in [-0.1, -0.05) is 30.2 Å². The second kappa shape index (κ2) is 10.0. The minimum atomic E-state index is -1.09. The number of methoxy groups -OCH3 is 1. The van der Waals surface area contributed by atoms with Gasteiger partial charge in [-0.05, 0) is 36.1 Å². The number of carbonyl (C=O) groups is 1. The van der Waals surface area contributed by atoms with E-state index < -0.39 is 6.17 Å². The summed E-state index contributed by atoms with van der Waals surface area (Å²) in [6.45, 7) is 5.50. The lowest BCUT2D eigenvalue weighted by Gasteiger charge is -2.46. The van der Waals surface area contributed by atoms with Gasteiger partial charge in [0.15, 0.2) is 0 Å². The second-order valence-corrected chi connectivity index (χ2v) is 9.78. The van der Waals surface area contributed by atoms with Crippen molar-refractivity contribution in [2.45, 2.75) is 18.6 Å². The van der Waals surface area contributed by atoms with Crippen molar-refractivity contribution < 1.29 is 13.9 Å². The van der Waals surface area contributed by atoms with Gasteiger partial charge in [0.05, 0.1) is 24.1 Å². The van der Waals surface area contributed by atoms with E-state index in [4.69, 9.17) is 22.1 Å². The monoisotopic (exact) mass is 522 g/mol. The molecule has 0 spiro atoms. The number of halogens is 2. The topological polar surface area (TPSA) is 89.5 Å². The molecule has 4 heterocycles. The van der Waals surface area contributed by atoms with Gasteiger partial charge >= 0.3 is 0 Å². The molecule has 2 aliphatic heterocycles. The summed E-state index contributed by atoms with van der Waals surface area (Å²) >= 11 is 6.26. The Hall–Kier alpha value is -3.61. The van der Waals surface area contributed by atoms with Crippen LogP contribution in [0.2, 0.25) is 5.02 Å². The van der Waals surface area contributed by atoms with Crippen molar-refractivity contribution in [2.24, 2.45) is 13.0 Å². The Morgan fingerprint density at radius 3 is 2.81 bits per heavy atom. The lowest BCUT2D eigenvalue weighted by molar-refractivity contribution is -0.130. The van der Waals surface area contributed by atoms with Gasteiger partial charge in [0.2, 0.25) is 5.91 Å². The third kappa shape index (κ3) is 4.52. The molecular formula is C27H28ClFN6O2. The maximum atomic E-state index is 14.8. The average molecular weight is 523 g/mol. The average Bonchev–Trinajstić information content (AvgIpc) is 3.16. The normalized spacial score (nSPS) is 20.3. The molecule has 192 valence electrons. The largest absolute Gasteiger partial charge is 0.495 e. The van der Waals surface area contributed by atoms with Crippen LogP contribution in [0.15, 0.2) is 37.2 Å². The van der Waals surface area contributed by atoms with Crippen molar-refractivity contribution in [1.82, 2.24) is 24.3 Å². The van der Waals surface area contributed by atoms with Gasteiger partial charge in [-0.2, -0.15) is 0 Å². The molecule has 37 heavy (non-hydrogen) atoms. The molecule has 0 radical (unpaired) electrons. The van der Waals surface area contributed by atoms with Crippen LogP contribution in [0.5, 0.6) is 5.75 Å². The number of carbonyl (C=O) groups excluding carboxylic acids is 1. The van der Waals surface area contributed by atoms with Crippen molar-refractivity contribution in [1.29, 1.82) is 0 Å². The van der Waals surface area contributed by atoms with E-state index in [1.807, 2.05) is 23.7 Å². The molecule has 2 aliphatic rings. The van der Waals surface area contributed by atoms with Gasteiger partial charge in [-0.25, -0.2) is 14.4 Å². The Balaban J connectivity index is 1.40. The number of aryl methyl sites for hydroxylation is 1.